The molecule has 0 bridgehead atoms. The zero-order chi connectivity index (χ0) is 13.5. The summed E-state index contributed by atoms with van der Waals surface area (Å²) in [6, 6.07) is 9.18. The molecule has 0 aromatic heterocycles. The lowest BCUT2D eigenvalue weighted by Gasteiger charge is -2.24. The number of hydrogen-bond acceptors (Lipinski definition) is 3. The molecule has 1 aliphatic heterocycles. The molecule has 0 saturated carbocycles. The molecular weight excluding hydrogens is 236 g/mol. The molecule has 19 heavy (non-hydrogen) atoms. The van der Waals surface area contributed by atoms with Gasteiger partial charge >= 0.3 is 0 Å². The van der Waals surface area contributed by atoms with Crippen LogP contribution in [0.2, 0.25) is 0 Å². The van der Waals surface area contributed by atoms with Crippen LogP contribution in [-0.2, 0) is 6.54 Å². The van der Waals surface area contributed by atoms with E-state index in [-0.39, 0.29) is 0 Å². The van der Waals surface area contributed by atoms with Crippen molar-refractivity contribution >= 4 is 0 Å². The first-order valence-electron chi connectivity index (χ1n) is 7.49. The van der Waals surface area contributed by atoms with Crippen LogP contribution < -0.4 is 10.1 Å². The van der Waals surface area contributed by atoms with Gasteiger partial charge in [-0.1, -0.05) is 19.1 Å². The number of ether oxygens (including phenoxy) is 1. The number of nitrogens with one attached hydrogen (secondary N) is 1. The lowest BCUT2D eigenvalue weighted by atomic mass is 10.1. The third-order valence-electron chi connectivity index (χ3n) is 3.73. The van der Waals surface area contributed by atoms with E-state index in [1.807, 2.05) is 6.92 Å². The van der Waals surface area contributed by atoms with E-state index in [9.17, 15) is 0 Å². The zero-order valence-corrected chi connectivity index (χ0v) is 12.2. The number of likely N-dealkylation sites (N-methyl/N-ethyl adjacent to an activating group) is 1. The molecule has 0 spiro atoms. The molecule has 3 nitrogen and oxygen atoms in total. The van der Waals surface area contributed by atoms with Gasteiger partial charge in [0.1, 0.15) is 5.75 Å². The topological polar surface area (TPSA) is 24.5 Å². The summed E-state index contributed by atoms with van der Waals surface area (Å²) in [6.07, 6.45) is 2.64. The van der Waals surface area contributed by atoms with E-state index in [1.54, 1.807) is 0 Å². The highest BCUT2D eigenvalue weighted by Crippen LogP contribution is 2.15. The van der Waals surface area contributed by atoms with Crippen molar-refractivity contribution in [2.75, 3.05) is 26.2 Å². The third-order valence-corrected chi connectivity index (χ3v) is 3.73. The van der Waals surface area contributed by atoms with Gasteiger partial charge in [0.15, 0.2) is 0 Å². The summed E-state index contributed by atoms with van der Waals surface area (Å²) in [5.74, 6) is 0.965. The first-order chi connectivity index (χ1) is 9.31. The van der Waals surface area contributed by atoms with E-state index in [0.717, 1.165) is 32.0 Å². The average Bonchev–Trinajstić information content (AvgIpc) is 2.93. The third kappa shape index (κ3) is 4.51. The molecule has 1 fully saturated rings. The molecule has 3 heteroatoms. The van der Waals surface area contributed by atoms with Crippen molar-refractivity contribution in [1.82, 2.24) is 10.2 Å². The van der Waals surface area contributed by atoms with Crippen molar-refractivity contribution in [3.05, 3.63) is 29.8 Å². The minimum atomic E-state index is 0.683. The monoisotopic (exact) mass is 262 g/mol. The highest BCUT2D eigenvalue weighted by atomic mass is 16.5. The molecule has 106 valence electrons. The van der Waals surface area contributed by atoms with Gasteiger partial charge in [0.05, 0.1) is 6.61 Å². The molecular formula is C16H26N2O. The maximum Gasteiger partial charge on any atom is 0.119 e. The van der Waals surface area contributed by atoms with E-state index < -0.39 is 0 Å². The van der Waals surface area contributed by atoms with Crippen LogP contribution in [0.25, 0.3) is 0 Å². The minimum absolute atomic E-state index is 0.683. The van der Waals surface area contributed by atoms with Gasteiger partial charge in [0.25, 0.3) is 0 Å². The first-order valence-corrected chi connectivity index (χ1v) is 7.49. The molecule has 1 aromatic carbocycles. The molecule has 1 aliphatic rings. The van der Waals surface area contributed by atoms with Crippen molar-refractivity contribution in [1.29, 1.82) is 0 Å². The van der Waals surface area contributed by atoms with Crippen molar-refractivity contribution in [2.45, 2.75) is 39.3 Å². The second-order valence-electron chi connectivity index (χ2n) is 5.20. The maximum absolute atomic E-state index is 5.48. The Morgan fingerprint density at radius 3 is 2.63 bits per heavy atom. The summed E-state index contributed by atoms with van der Waals surface area (Å²) in [7, 11) is 0. The maximum atomic E-state index is 5.48. The molecule has 1 heterocycles. The average molecular weight is 262 g/mol. The molecule has 0 aliphatic carbocycles. The van der Waals surface area contributed by atoms with E-state index in [0.29, 0.717) is 6.04 Å². The lowest BCUT2D eigenvalue weighted by molar-refractivity contribution is 0.253. The summed E-state index contributed by atoms with van der Waals surface area (Å²) in [5.41, 5.74) is 1.36. The van der Waals surface area contributed by atoms with Gasteiger partial charge < -0.3 is 10.1 Å². The minimum Gasteiger partial charge on any atom is -0.494 e. The Morgan fingerprint density at radius 2 is 2.05 bits per heavy atom. The highest BCUT2D eigenvalue weighted by Gasteiger charge is 2.17. The van der Waals surface area contributed by atoms with E-state index in [2.05, 4.69) is 41.4 Å². The summed E-state index contributed by atoms with van der Waals surface area (Å²) in [4.78, 5) is 2.51. The molecule has 1 saturated heterocycles. The van der Waals surface area contributed by atoms with Crippen LogP contribution in [0.3, 0.4) is 0 Å². The Balaban J connectivity index is 1.86. The SMILES string of the molecule is CCOc1ccc(CN(CC)CC2CCCN2)cc1. The van der Waals surface area contributed by atoms with E-state index in [1.165, 1.54) is 24.9 Å². The standard InChI is InChI=1S/C16H26N2O/c1-3-18(13-15-6-5-11-17-15)12-14-7-9-16(10-8-14)19-4-2/h7-10,15,17H,3-6,11-13H2,1-2H3. The molecule has 1 N–H and O–H groups in total. The van der Waals surface area contributed by atoms with Gasteiger partial charge in [0.2, 0.25) is 0 Å². The molecule has 1 unspecified atom stereocenters. The Bertz CT molecular complexity index is 358. The number of nitrogens with zero attached hydrogens (tertiary/aromatic N) is 1. The van der Waals surface area contributed by atoms with Gasteiger partial charge in [-0.15, -0.1) is 0 Å². The highest BCUT2D eigenvalue weighted by molar-refractivity contribution is 5.27. The second kappa shape index (κ2) is 7.51. The van der Waals surface area contributed by atoms with E-state index >= 15 is 0 Å². The largest absolute Gasteiger partial charge is 0.494 e. The van der Waals surface area contributed by atoms with E-state index in [4.69, 9.17) is 4.74 Å². The predicted molar refractivity (Wildman–Crippen MR) is 79.6 cm³/mol. The molecule has 0 radical (unpaired) electrons. The van der Waals surface area contributed by atoms with Crippen LogP contribution in [0.4, 0.5) is 0 Å². The van der Waals surface area contributed by atoms with Crippen LogP contribution in [0.5, 0.6) is 5.75 Å². The second-order valence-corrected chi connectivity index (χ2v) is 5.20. The van der Waals surface area contributed by atoms with Crippen LogP contribution >= 0.6 is 0 Å². The Labute approximate surface area is 116 Å². The lowest BCUT2D eigenvalue weighted by Crippen LogP contribution is -2.37. The van der Waals surface area contributed by atoms with Gasteiger partial charge in [-0.25, -0.2) is 0 Å². The summed E-state index contributed by atoms with van der Waals surface area (Å²) < 4.78 is 5.48. The van der Waals surface area contributed by atoms with Gasteiger partial charge in [-0.2, -0.15) is 0 Å². The zero-order valence-electron chi connectivity index (χ0n) is 12.2. The quantitative estimate of drug-likeness (QED) is 0.817. The Morgan fingerprint density at radius 1 is 1.26 bits per heavy atom. The number of hydrogen-bond donors (Lipinski definition) is 1. The van der Waals surface area contributed by atoms with Crippen LogP contribution in [0.15, 0.2) is 24.3 Å². The molecule has 0 amide bonds. The van der Waals surface area contributed by atoms with Gasteiger partial charge in [-0.3, -0.25) is 4.90 Å². The van der Waals surface area contributed by atoms with Crippen LogP contribution in [-0.4, -0.2) is 37.2 Å². The van der Waals surface area contributed by atoms with Crippen LogP contribution in [0, 0.1) is 0 Å². The molecule has 2 rings (SSSR count). The van der Waals surface area contributed by atoms with Crippen molar-refractivity contribution < 1.29 is 4.74 Å². The fraction of sp³-hybridized carbons (Fsp3) is 0.625. The van der Waals surface area contributed by atoms with Crippen molar-refractivity contribution in [2.24, 2.45) is 0 Å². The number of benzene rings is 1. The Kier molecular flexibility index (Phi) is 5.67. The summed E-state index contributed by atoms with van der Waals surface area (Å²) in [5, 5.41) is 3.57. The molecule has 1 atom stereocenters. The predicted octanol–water partition coefficient (Wildman–Crippen LogP) is 2.66. The fourth-order valence-electron chi connectivity index (χ4n) is 2.65. The smallest absolute Gasteiger partial charge is 0.119 e. The van der Waals surface area contributed by atoms with Crippen molar-refractivity contribution in [3.63, 3.8) is 0 Å². The van der Waals surface area contributed by atoms with Crippen LogP contribution in [0.1, 0.15) is 32.3 Å². The van der Waals surface area contributed by atoms with Gasteiger partial charge in [0, 0.05) is 19.1 Å². The van der Waals surface area contributed by atoms with Crippen molar-refractivity contribution in [3.8, 4) is 5.75 Å². The summed E-state index contributed by atoms with van der Waals surface area (Å²) >= 11 is 0. The summed E-state index contributed by atoms with van der Waals surface area (Å²) in [6.45, 7) is 9.46. The molecule has 1 aromatic rings. The first kappa shape index (κ1) is 14.4. The van der Waals surface area contributed by atoms with Gasteiger partial charge in [-0.05, 0) is 50.6 Å². The fourth-order valence-corrected chi connectivity index (χ4v) is 2.65. The number of rotatable bonds is 7. The normalized spacial score (nSPS) is 19.0. The Hall–Kier alpha value is -1.06.